The molecule has 28 heavy (non-hydrogen) atoms. The van der Waals surface area contributed by atoms with Gasteiger partial charge in [0.15, 0.2) is 0 Å². The lowest BCUT2D eigenvalue weighted by atomic mass is 9.98. The van der Waals surface area contributed by atoms with E-state index in [1.807, 2.05) is 30.3 Å². The molecular weight excluding hydrogens is 358 g/mol. The molecule has 3 aromatic rings. The lowest BCUT2D eigenvalue weighted by molar-refractivity contribution is -0.429. The number of halogens is 2. The first-order valence-corrected chi connectivity index (χ1v) is 9.47. The van der Waals surface area contributed by atoms with Crippen molar-refractivity contribution >= 4 is 0 Å². The predicted molar refractivity (Wildman–Crippen MR) is 106 cm³/mol. The highest BCUT2D eigenvalue weighted by molar-refractivity contribution is 5.75. The molecule has 0 heterocycles. The first kappa shape index (κ1) is 20.0. The Balaban J connectivity index is 1.94. The summed E-state index contributed by atoms with van der Waals surface area (Å²) in [5, 5.41) is 0. The molecule has 0 aliphatic heterocycles. The summed E-state index contributed by atoms with van der Waals surface area (Å²) in [4.78, 5) is 0. The van der Waals surface area contributed by atoms with Gasteiger partial charge in [-0.05, 0) is 64.7 Å². The summed E-state index contributed by atoms with van der Waals surface area (Å²) in [6.07, 6.45) is 1.96. The zero-order valence-electron chi connectivity index (χ0n) is 15.8. The van der Waals surface area contributed by atoms with Crippen LogP contribution < -0.4 is 16.2 Å². The van der Waals surface area contributed by atoms with Gasteiger partial charge in [0.25, 0.3) is 0 Å². The first-order valence-electron chi connectivity index (χ1n) is 9.47. The van der Waals surface area contributed by atoms with Gasteiger partial charge in [0.1, 0.15) is 30.0 Å². The van der Waals surface area contributed by atoms with Crippen LogP contribution in [0.25, 0.3) is 22.3 Å². The Kier molecular flexibility index (Phi) is 6.74. The fourth-order valence-corrected chi connectivity index (χ4v) is 3.08. The van der Waals surface area contributed by atoms with E-state index in [1.165, 1.54) is 24.3 Å². The molecule has 1 atom stereocenters. The number of quaternary nitrogens is 2. The zero-order valence-corrected chi connectivity index (χ0v) is 15.8. The van der Waals surface area contributed by atoms with Crippen molar-refractivity contribution in [2.45, 2.75) is 18.9 Å². The highest BCUT2D eigenvalue weighted by Gasteiger charge is 2.11. The first-order chi connectivity index (χ1) is 13.5. The molecular formula is C23H26F2N2O+2. The minimum Gasteiger partial charge on any atom is -0.487 e. The highest BCUT2D eigenvalue weighted by Crippen LogP contribution is 2.32. The SMILES string of the molecule is [NH3+]CCC[C@@H]([NH3+])COc1cc(-c2cccc(F)c2)cc(-c2cccc(F)c2)c1. The molecule has 0 fully saturated rings. The second kappa shape index (κ2) is 9.44. The summed E-state index contributed by atoms with van der Waals surface area (Å²) in [6.45, 7) is 1.36. The average molecular weight is 384 g/mol. The molecule has 0 aliphatic rings. The van der Waals surface area contributed by atoms with Crippen LogP contribution in [0.5, 0.6) is 5.75 Å². The lowest BCUT2D eigenvalue weighted by Crippen LogP contribution is -2.64. The normalized spacial score (nSPS) is 12.0. The van der Waals surface area contributed by atoms with E-state index in [0.717, 1.165) is 41.6 Å². The van der Waals surface area contributed by atoms with Gasteiger partial charge < -0.3 is 16.2 Å². The van der Waals surface area contributed by atoms with Gasteiger partial charge in [-0.2, -0.15) is 0 Å². The molecule has 0 aliphatic carbocycles. The lowest BCUT2D eigenvalue weighted by Gasteiger charge is -2.14. The van der Waals surface area contributed by atoms with E-state index >= 15 is 0 Å². The van der Waals surface area contributed by atoms with Gasteiger partial charge in [-0.3, -0.25) is 0 Å². The molecule has 0 bridgehead atoms. The molecule has 6 N–H and O–H groups in total. The van der Waals surface area contributed by atoms with Crippen molar-refractivity contribution in [3.63, 3.8) is 0 Å². The van der Waals surface area contributed by atoms with E-state index in [4.69, 9.17) is 4.74 Å². The molecule has 0 saturated heterocycles. The smallest absolute Gasteiger partial charge is 0.140 e. The second-order valence-electron chi connectivity index (χ2n) is 6.94. The van der Waals surface area contributed by atoms with Crippen molar-refractivity contribution in [2.75, 3.05) is 13.2 Å². The molecule has 0 amide bonds. The van der Waals surface area contributed by atoms with Gasteiger partial charge in [0.2, 0.25) is 0 Å². The molecule has 0 aromatic heterocycles. The van der Waals surface area contributed by atoms with Crippen LogP contribution in [0.3, 0.4) is 0 Å². The van der Waals surface area contributed by atoms with Crippen LogP contribution in [-0.2, 0) is 0 Å². The van der Waals surface area contributed by atoms with Crippen molar-refractivity contribution in [3.05, 3.63) is 78.4 Å². The van der Waals surface area contributed by atoms with Crippen LogP contribution in [0.4, 0.5) is 8.78 Å². The summed E-state index contributed by atoms with van der Waals surface area (Å²) in [7, 11) is 0. The van der Waals surface area contributed by atoms with E-state index in [9.17, 15) is 8.78 Å². The van der Waals surface area contributed by atoms with Crippen LogP contribution in [-0.4, -0.2) is 19.2 Å². The Hall–Kier alpha value is -2.76. The standard InChI is InChI=1S/C23H24F2N2O/c24-20-6-1-4-16(11-20)18-10-19(17-5-2-7-21(25)12-17)14-23(13-18)28-15-22(27)8-3-9-26/h1-2,4-7,10-14,22H,3,8-9,15,26-27H2/p+2/t22-/m1/s1. The summed E-state index contributed by atoms with van der Waals surface area (Å²) >= 11 is 0. The van der Waals surface area contributed by atoms with Crippen molar-refractivity contribution in [3.8, 4) is 28.0 Å². The quantitative estimate of drug-likeness (QED) is 0.615. The Morgan fingerprint density at radius 1 is 0.786 bits per heavy atom. The molecule has 3 rings (SSSR count). The molecule has 0 unspecified atom stereocenters. The fraction of sp³-hybridized carbons (Fsp3) is 0.217. The summed E-state index contributed by atoms with van der Waals surface area (Å²) in [5.74, 6) is 0.0496. The van der Waals surface area contributed by atoms with Crippen molar-refractivity contribution < 1.29 is 25.0 Å². The Bertz CT molecular complexity index is 866. The van der Waals surface area contributed by atoms with Gasteiger partial charge >= 0.3 is 0 Å². The number of hydrogen-bond acceptors (Lipinski definition) is 1. The minimum atomic E-state index is -0.304. The van der Waals surface area contributed by atoms with Gasteiger partial charge in [0.05, 0.1) is 6.54 Å². The maximum Gasteiger partial charge on any atom is 0.140 e. The molecule has 0 spiro atoms. The predicted octanol–water partition coefficient (Wildman–Crippen LogP) is 3.31. The van der Waals surface area contributed by atoms with Crippen molar-refractivity contribution in [2.24, 2.45) is 0 Å². The van der Waals surface area contributed by atoms with Crippen LogP contribution in [0.2, 0.25) is 0 Å². The molecule has 5 heteroatoms. The Labute approximate surface area is 163 Å². The van der Waals surface area contributed by atoms with Crippen molar-refractivity contribution in [1.82, 2.24) is 0 Å². The fourth-order valence-electron chi connectivity index (χ4n) is 3.08. The molecule has 0 saturated carbocycles. The van der Waals surface area contributed by atoms with Gasteiger partial charge in [0, 0.05) is 12.8 Å². The Morgan fingerprint density at radius 2 is 1.36 bits per heavy atom. The molecule has 3 aromatic carbocycles. The van der Waals surface area contributed by atoms with Crippen LogP contribution >= 0.6 is 0 Å². The molecule has 0 radical (unpaired) electrons. The largest absolute Gasteiger partial charge is 0.487 e. The van der Waals surface area contributed by atoms with E-state index in [-0.39, 0.29) is 17.7 Å². The maximum absolute atomic E-state index is 13.7. The average Bonchev–Trinajstić information content (AvgIpc) is 2.70. The number of benzene rings is 3. The highest BCUT2D eigenvalue weighted by atomic mass is 19.1. The van der Waals surface area contributed by atoms with E-state index in [0.29, 0.717) is 12.4 Å². The van der Waals surface area contributed by atoms with Gasteiger partial charge in [-0.1, -0.05) is 24.3 Å². The third-order valence-electron chi connectivity index (χ3n) is 4.57. The van der Waals surface area contributed by atoms with Crippen LogP contribution in [0, 0.1) is 11.6 Å². The number of ether oxygens (including phenoxy) is 1. The molecule has 3 nitrogen and oxygen atoms in total. The van der Waals surface area contributed by atoms with E-state index < -0.39 is 0 Å². The monoisotopic (exact) mass is 384 g/mol. The minimum absolute atomic E-state index is 0.164. The maximum atomic E-state index is 13.7. The Morgan fingerprint density at radius 3 is 1.86 bits per heavy atom. The summed E-state index contributed by atoms with van der Waals surface area (Å²) < 4.78 is 33.4. The van der Waals surface area contributed by atoms with E-state index in [2.05, 4.69) is 11.5 Å². The van der Waals surface area contributed by atoms with Crippen LogP contribution in [0.15, 0.2) is 66.7 Å². The second-order valence-corrected chi connectivity index (χ2v) is 6.94. The summed E-state index contributed by atoms with van der Waals surface area (Å²) in [6, 6.07) is 18.7. The number of hydrogen-bond donors (Lipinski definition) is 2. The van der Waals surface area contributed by atoms with Crippen LogP contribution in [0.1, 0.15) is 12.8 Å². The third kappa shape index (κ3) is 5.38. The summed E-state index contributed by atoms with van der Waals surface area (Å²) in [5.41, 5.74) is 11.1. The zero-order chi connectivity index (χ0) is 19.9. The molecule has 146 valence electrons. The van der Waals surface area contributed by atoms with Gasteiger partial charge in [-0.15, -0.1) is 0 Å². The van der Waals surface area contributed by atoms with Gasteiger partial charge in [-0.25, -0.2) is 8.78 Å². The topological polar surface area (TPSA) is 64.5 Å². The van der Waals surface area contributed by atoms with E-state index in [1.54, 1.807) is 12.1 Å². The number of rotatable bonds is 8. The third-order valence-corrected chi connectivity index (χ3v) is 4.57. The van der Waals surface area contributed by atoms with Crippen molar-refractivity contribution in [1.29, 1.82) is 0 Å².